The molecule has 1 N–H and O–H groups in total. The molecule has 2 aliphatic rings. The summed E-state index contributed by atoms with van der Waals surface area (Å²) >= 11 is 0. The molecule has 5 heteroatoms. The van der Waals surface area contributed by atoms with Crippen LogP contribution in [0.4, 0.5) is 4.79 Å². The van der Waals surface area contributed by atoms with Crippen molar-refractivity contribution in [3.05, 3.63) is 0 Å². The molecule has 0 aromatic heterocycles. The van der Waals surface area contributed by atoms with Crippen molar-refractivity contribution in [1.82, 2.24) is 10.2 Å². The molecule has 0 aromatic carbocycles. The molecule has 0 bridgehead atoms. The van der Waals surface area contributed by atoms with Gasteiger partial charge in [-0.2, -0.15) is 0 Å². The standard InChI is InChI=1S/C17H32N2O3/c1-17(2,3)22-16(20)19-10-4-7-15(19)8-9-18-12-14-6-5-11-21-13-14/h14-15,18H,4-13H2,1-3H3. The fourth-order valence-electron chi connectivity index (χ4n) is 3.24. The average Bonchev–Trinajstić information content (AvgIpc) is 2.91. The van der Waals surface area contributed by atoms with Crippen molar-refractivity contribution in [2.24, 2.45) is 5.92 Å². The van der Waals surface area contributed by atoms with Crippen LogP contribution in [0, 0.1) is 5.92 Å². The van der Waals surface area contributed by atoms with Crippen LogP contribution in [0.3, 0.4) is 0 Å². The molecule has 5 nitrogen and oxygen atoms in total. The molecule has 0 aliphatic carbocycles. The molecule has 2 fully saturated rings. The molecule has 2 unspecified atom stereocenters. The first-order valence-electron chi connectivity index (χ1n) is 8.74. The maximum Gasteiger partial charge on any atom is 0.410 e. The number of hydrogen-bond donors (Lipinski definition) is 1. The highest BCUT2D eigenvalue weighted by molar-refractivity contribution is 5.68. The van der Waals surface area contributed by atoms with Gasteiger partial charge in [0, 0.05) is 25.7 Å². The molecule has 2 saturated heterocycles. The number of amides is 1. The first kappa shape index (κ1) is 17.5. The van der Waals surface area contributed by atoms with Gasteiger partial charge >= 0.3 is 6.09 Å². The van der Waals surface area contributed by atoms with Crippen LogP contribution in [0.1, 0.15) is 52.9 Å². The second-order valence-corrected chi connectivity index (χ2v) is 7.55. The molecule has 0 aromatic rings. The van der Waals surface area contributed by atoms with Gasteiger partial charge in [-0.3, -0.25) is 0 Å². The lowest BCUT2D eigenvalue weighted by atomic mass is 10.0. The van der Waals surface area contributed by atoms with Gasteiger partial charge in [0.15, 0.2) is 0 Å². The Kier molecular flexibility index (Phi) is 6.50. The van der Waals surface area contributed by atoms with Gasteiger partial charge in [0.2, 0.25) is 0 Å². The largest absolute Gasteiger partial charge is 0.444 e. The van der Waals surface area contributed by atoms with Crippen LogP contribution in [0.2, 0.25) is 0 Å². The van der Waals surface area contributed by atoms with E-state index in [0.29, 0.717) is 12.0 Å². The summed E-state index contributed by atoms with van der Waals surface area (Å²) in [6.45, 7) is 10.4. The van der Waals surface area contributed by atoms with Crippen molar-refractivity contribution in [2.75, 3.05) is 32.8 Å². The first-order valence-corrected chi connectivity index (χ1v) is 8.74. The minimum Gasteiger partial charge on any atom is -0.444 e. The fourth-order valence-corrected chi connectivity index (χ4v) is 3.24. The number of nitrogens with one attached hydrogen (secondary N) is 1. The molecule has 0 spiro atoms. The fraction of sp³-hybridized carbons (Fsp3) is 0.941. The summed E-state index contributed by atoms with van der Waals surface area (Å²) in [5, 5.41) is 3.53. The summed E-state index contributed by atoms with van der Waals surface area (Å²) in [4.78, 5) is 14.1. The first-order chi connectivity index (χ1) is 10.5. The van der Waals surface area contributed by atoms with Crippen LogP contribution in [0.25, 0.3) is 0 Å². The van der Waals surface area contributed by atoms with Gasteiger partial charge in [-0.1, -0.05) is 0 Å². The Bertz CT molecular complexity index is 348. The molecular weight excluding hydrogens is 280 g/mol. The Morgan fingerprint density at radius 2 is 2.14 bits per heavy atom. The zero-order chi connectivity index (χ0) is 16.0. The molecule has 2 atom stereocenters. The second kappa shape index (κ2) is 8.16. The van der Waals surface area contributed by atoms with Gasteiger partial charge in [-0.25, -0.2) is 4.79 Å². The zero-order valence-electron chi connectivity index (χ0n) is 14.4. The molecule has 22 heavy (non-hydrogen) atoms. The van der Waals surface area contributed by atoms with E-state index in [0.717, 1.165) is 52.1 Å². The lowest BCUT2D eigenvalue weighted by Crippen LogP contribution is -2.41. The third-order valence-corrected chi connectivity index (χ3v) is 4.35. The molecule has 2 rings (SSSR count). The summed E-state index contributed by atoms with van der Waals surface area (Å²) in [6.07, 6.45) is 5.47. The predicted octanol–water partition coefficient (Wildman–Crippen LogP) is 2.79. The maximum atomic E-state index is 12.2. The highest BCUT2D eigenvalue weighted by Gasteiger charge is 2.31. The minimum absolute atomic E-state index is 0.157. The topological polar surface area (TPSA) is 50.8 Å². The second-order valence-electron chi connectivity index (χ2n) is 7.55. The lowest BCUT2D eigenvalue weighted by molar-refractivity contribution is 0.0219. The van der Waals surface area contributed by atoms with Gasteiger partial charge in [0.1, 0.15) is 5.60 Å². The van der Waals surface area contributed by atoms with E-state index in [-0.39, 0.29) is 6.09 Å². The van der Waals surface area contributed by atoms with Crippen molar-refractivity contribution in [3.8, 4) is 0 Å². The van der Waals surface area contributed by atoms with E-state index >= 15 is 0 Å². The number of rotatable bonds is 5. The summed E-state index contributed by atoms with van der Waals surface area (Å²) < 4.78 is 11.0. The average molecular weight is 312 g/mol. The SMILES string of the molecule is CC(C)(C)OC(=O)N1CCCC1CCNCC1CCCOC1. The molecular formula is C17H32N2O3. The number of hydrogen-bond acceptors (Lipinski definition) is 4. The Labute approximate surface area is 134 Å². The molecule has 0 saturated carbocycles. The van der Waals surface area contributed by atoms with Crippen molar-refractivity contribution < 1.29 is 14.3 Å². The lowest BCUT2D eigenvalue weighted by Gasteiger charge is -2.29. The van der Waals surface area contributed by atoms with Crippen LogP contribution in [0.15, 0.2) is 0 Å². The Balaban J connectivity index is 1.66. The maximum absolute atomic E-state index is 12.2. The monoisotopic (exact) mass is 312 g/mol. The van der Waals surface area contributed by atoms with Gasteiger partial charge in [-0.15, -0.1) is 0 Å². The third kappa shape index (κ3) is 5.76. The molecule has 2 heterocycles. The number of ether oxygens (including phenoxy) is 2. The molecule has 0 radical (unpaired) electrons. The smallest absolute Gasteiger partial charge is 0.410 e. The number of carbonyl (C=O) groups is 1. The van der Waals surface area contributed by atoms with Gasteiger partial charge < -0.3 is 19.7 Å². The normalized spacial score (nSPS) is 26.2. The Hall–Kier alpha value is -0.810. The van der Waals surface area contributed by atoms with E-state index in [1.807, 2.05) is 25.7 Å². The Morgan fingerprint density at radius 3 is 2.82 bits per heavy atom. The summed E-state index contributed by atoms with van der Waals surface area (Å²) in [7, 11) is 0. The molecule has 128 valence electrons. The van der Waals surface area contributed by atoms with E-state index in [4.69, 9.17) is 9.47 Å². The molecule has 2 aliphatic heterocycles. The third-order valence-electron chi connectivity index (χ3n) is 4.35. The van der Waals surface area contributed by atoms with Gasteiger partial charge in [-0.05, 0) is 65.3 Å². The van der Waals surface area contributed by atoms with Crippen molar-refractivity contribution >= 4 is 6.09 Å². The predicted molar refractivity (Wildman–Crippen MR) is 87.0 cm³/mol. The number of likely N-dealkylation sites (tertiary alicyclic amines) is 1. The number of nitrogens with zero attached hydrogens (tertiary/aromatic N) is 1. The Morgan fingerprint density at radius 1 is 1.32 bits per heavy atom. The minimum atomic E-state index is -0.413. The number of carbonyl (C=O) groups excluding carboxylic acids is 1. The van der Waals surface area contributed by atoms with Crippen LogP contribution in [0.5, 0.6) is 0 Å². The summed E-state index contributed by atoms with van der Waals surface area (Å²) in [5.74, 6) is 0.652. The summed E-state index contributed by atoms with van der Waals surface area (Å²) in [5.41, 5.74) is -0.413. The van der Waals surface area contributed by atoms with Crippen LogP contribution in [-0.2, 0) is 9.47 Å². The molecule has 1 amide bonds. The van der Waals surface area contributed by atoms with E-state index in [9.17, 15) is 4.79 Å². The van der Waals surface area contributed by atoms with Gasteiger partial charge in [0.05, 0.1) is 6.61 Å². The van der Waals surface area contributed by atoms with E-state index in [1.165, 1.54) is 12.8 Å². The summed E-state index contributed by atoms with van der Waals surface area (Å²) in [6, 6.07) is 0.324. The highest BCUT2D eigenvalue weighted by atomic mass is 16.6. The van der Waals surface area contributed by atoms with E-state index < -0.39 is 5.60 Å². The van der Waals surface area contributed by atoms with Crippen LogP contribution >= 0.6 is 0 Å². The van der Waals surface area contributed by atoms with E-state index in [1.54, 1.807) is 0 Å². The van der Waals surface area contributed by atoms with E-state index in [2.05, 4.69) is 5.32 Å². The van der Waals surface area contributed by atoms with Crippen molar-refractivity contribution in [3.63, 3.8) is 0 Å². The van der Waals surface area contributed by atoms with Crippen molar-refractivity contribution in [2.45, 2.75) is 64.5 Å². The zero-order valence-corrected chi connectivity index (χ0v) is 14.4. The van der Waals surface area contributed by atoms with Gasteiger partial charge in [0.25, 0.3) is 0 Å². The van der Waals surface area contributed by atoms with Crippen molar-refractivity contribution in [1.29, 1.82) is 0 Å². The van der Waals surface area contributed by atoms with Crippen LogP contribution < -0.4 is 5.32 Å². The highest BCUT2D eigenvalue weighted by Crippen LogP contribution is 2.22. The van der Waals surface area contributed by atoms with Crippen LogP contribution in [-0.4, -0.2) is 55.5 Å². The quantitative estimate of drug-likeness (QED) is 0.793.